The number of rotatable bonds is 3. The molecule has 0 fully saturated rings. The molecule has 0 amide bonds. The largest absolute Gasteiger partial charge is 0.545 e. The zero-order valence-electron chi connectivity index (χ0n) is 13.5. The highest BCUT2D eigenvalue weighted by Crippen LogP contribution is 2.36. The van der Waals surface area contributed by atoms with Crippen LogP contribution in [0.25, 0.3) is 10.9 Å². The fraction of sp³-hybridized carbons (Fsp3) is 0.158. The van der Waals surface area contributed by atoms with Crippen LogP contribution in [0.5, 0.6) is 11.5 Å². The minimum Gasteiger partial charge on any atom is -0.545 e. The maximum absolute atomic E-state index is 11.5. The number of aromatic nitrogens is 1. The lowest BCUT2D eigenvalue weighted by atomic mass is 10.1. The third-order valence-electron chi connectivity index (χ3n) is 4.13. The number of aryl methyl sites for hydroxylation is 1. The van der Waals surface area contributed by atoms with Crippen molar-refractivity contribution in [1.29, 1.82) is 0 Å². The molecule has 0 radical (unpaired) electrons. The van der Waals surface area contributed by atoms with Gasteiger partial charge in [-0.2, -0.15) is 0 Å². The van der Waals surface area contributed by atoms with Gasteiger partial charge in [-0.1, -0.05) is 18.2 Å². The van der Waals surface area contributed by atoms with Crippen LogP contribution in [0.2, 0.25) is 0 Å². The van der Waals surface area contributed by atoms with Crippen molar-refractivity contribution in [2.45, 2.75) is 6.92 Å². The van der Waals surface area contributed by atoms with Crippen molar-refractivity contribution >= 4 is 28.2 Å². The van der Waals surface area contributed by atoms with E-state index in [0.717, 1.165) is 16.5 Å². The quantitative estimate of drug-likeness (QED) is 0.791. The topological polar surface area (TPSA) is 83.5 Å². The minimum atomic E-state index is -1.28. The van der Waals surface area contributed by atoms with Crippen LogP contribution >= 0.6 is 0 Å². The van der Waals surface area contributed by atoms with Crippen molar-refractivity contribution in [2.75, 3.05) is 18.5 Å². The number of carbonyl (C=O) groups excluding carboxylic acids is 1. The summed E-state index contributed by atoms with van der Waals surface area (Å²) in [5.74, 6) is 0.0177. The predicted octanol–water partition coefficient (Wildman–Crippen LogP) is 2.42. The van der Waals surface area contributed by atoms with Crippen molar-refractivity contribution in [1.82, 2.24) is 4.98 Å². The Morgan fingerprint density at radius 2 is 1.96 bits per heavy atom. The van der Waals surface area contributed by atoms with Crippen molar-refractivity contribution in [3.8, 4) is 11.5 Å². The van der Waals surface area contributed by atoms with Crippen LogP contribution in [-0.4, -0.2) is 24.2 Å². The smallest absolute Gasteiger partial charge is 0.163 e. The van der Waals surface area contributed by atoms with Gasteiger partial charge in [-0.15, -0.1) is 0 Å². The zero-order chi connectivity index (χ0) is 17.4. The standard InChI is InChI=1S/C19H16N2O4/c1-11-3-2-4-13-17(11)20-10-14(19(22)23)18(13)21-12-5-6-15-16(9-12)25-8-7-24-15/h2-6,9-10H,7-8H2,1H3,(H,20,21)(H,22,23)/p-1. The van der Waals surface area contributed by atoms with Crippen molar-refractivity contribution in [2.24, 2.45) is 0 Å². The number of benzene rings is 2. The molecule has 3 aromatic rings. The average molecular weight is 335 g/mol. The van der Waals surface area contributed by atoms with E-state index < -0.39 is 5.97 Å². The molecule has 0 bridgehead atoms. The number of carboxylic acid groups (broad SMARTS) is 1. The zero-order valence-corrected chi connectivity index (χ0v) is 13.5. The Kier molecular flexibility index (Phi) is 3.65. The molecule has 0 unspecified atom stereocenters. The monoisotopic (exact) mass is 335 g/mol. The van der Waals surface area contributed by atoms with E-state index in [0.29, 0.717) is 36.1 Å². The van der Waals surface area contributed by atoms with Gasteiger partial charge < -0.3 is 24.7 Å². The number of para-hydroxylation sites is 1. The van der Waals surface area contributed by atoms with E-state index in [1.807, 2.05) is 31.2 Å². The summed E-state index contributed by atoms with van der Waals surface area (Å²) in [5, 5.41) is 15.4. The number of carbonyl (C=O) groups is 1. The summed E-state index contributed by atoms with van der Waals surface area (Å²) >= 11 is 0. The van der Waals surface area contributed by atoms with Crippen molar-refractivity contribution in [3.63, 3.8) is 0 Å². The van der Waals surface area contributed by atoms with Crippen LogP contribution in [0.15, 0.2) is 42.6 Å². The second-order valence-electron chi connectivity index (χ2n) is 5.79. The first kappa shape index (κ1) is 15.3. The summed E-state index contributed by atoms with van der Waals surface area (Å²) in [6.07, 6.45) is 1.32. The van der Waals surface area contributed by atoms with Gasteiger partial charge in [0.1, 0.15) is 13.2 Å². The number of fused-ring (bicyclic) bond motifs is 2. The summed E-state index contributed by atoms with van der Waals surface area (Å²) in [6, 6.07) is 11.0. The Hall–Kier alpha value is -3.28. The predicted molar refractivity (Wildman–Crippen MR) is 91.5 cm³/mol. The lowest BCUT2D eigenvalue weighted by molar-refractivity contribution is -0.254. The van der Waals surface area contributed by atoms with Crippen LogP contribution in [0.4, 0.5) is 11.4 Å². The number of hydrogen-bond donors (Lipinski definition) is 1. The fourth-order valence-electron chi connectivity index (χ4n) is 2.93. The number of anilines is 2. The second-order valence-corrected chi connectivity index (χ2v) is 5.79. The molecule has 4 rings (SSSR count). The van der Waals surface area contributed by atoms with Gasteiger partial charge >= 0.3 is 0 Å². The molecule has 1 aliphatic rings. The van der Waals surface area contributed by atoms with Gasteiger partial charge in [0.05, 0.1) is 17.2 Å². The Labute approximate surface area is 144 Å². The van der Waals surface area contributed by atoms with E-state index in [-0.39, 0.29) is 5.56 Å². The van der Waals surface area contributed by atoms with Gasteiger partial charge in [0.15, 0.2) is 11.5 Å². The van der Waals surface area contributed by atoms with Gasteiger partial charge in [0.25, 0.3) is 0 Å². The molecule has 0 atom stereocenters. The molecule has 1 aliphatic heterocycles. The van der Waals surface area contributed by atoms with Gasteiger partial charge in [-0.05, 0) is 24.6 Å². The first-order valence-corrected chi connectivity index (χ1v) is 7.90. The third kappa shape index (κ3) is 2.71. The summed E-state index contributed by atoms with van der Waals surface area (Å²) in [5.41, 5.74) is 2.86. The van der Waals surface area contributed by atoms with Crippen molar-refractivity contribution in [3.05, 3.63) is 53.7 Å². The molecule has 0 saturated heterocycles. The van der Waals surface area contributed by atoms with Crippen LogP contribution < -0.4 is 19.9 Å². The van der Waals surface area contributed by atoms with Gasteiger partial charge in [-0.3, -0.25) is 4.98 Å². The molecule has 25 heavy (non-hydrogen) atoms. The molecule has 0 aliphatic carbocycles. The molecule has 126 valence electrons. The van der Waals surface area contributed by atoms with E-state index in [1.54, 1.807) is 12.1 Å². The van der Waals surface area contributed by atoms with E-state index in [1.165, 1.54) is 6.20 Å². The van der Waals surface area contributed by atoms with E-state index >= 15 is 0 Å². The molecular formula is C19H15N2O4-. The summed E-state index contributed by atoms with van der Waals surface area (Å²) in [4.78, 5) is 15.8. The van der Waals surface area contributed by atoms with Gasteiger partial charge in [0.2, 0.25) is 0 Å². The summed E-state index contributed by atoms with van der Waals surface area (Å²) in [6.45, 7) is 2.93. The molecular weight excluding hydrogens is 320 g/mol. The maximum atomic E-state index is 11.5. The third-order valence-corrected chi connectivity index (χ3v) is 4.13. The number of aromatic carboxylic acids is 1. The molecule has 2 heterocycles. The second kappa shape index (κ2) is 5.98. The SMILES string of the molecule is Cc1cccc2c(Nc3ccc4c(c3)OCCO4)c(C(=O)[O-])cnc12. The van der Waals surface area contributed by atoms with E-state index in [2.05, 4.69) is 10.3 Å². The first-order chi connectivity index (χ1) is 12.1. The van der Waals surface area contributed by atoms with E-state index in [4.69, 9.17) is 9.47 Å². The van der Waals surface area contributed by atoms with Gasteiger partial charge in [0, 0.05) is 28.9 Å². The highest BCUT2D eigenvalue weighted by molar-refractivity contribution is 6.05. The fourth-order valence-corrected chi connectivity index (χ4v) is 2.93. The van der Waals surface area contributed by atoms with E-state index in [9.17, 15) is 9.90 Å². The minimum absolute atomic E-state index is 0.00740. The molecule has 6 nitrogen and oxygen atoms in total. The molecule has 6 heteroatoms. The molecule has 1 N–H and O–H groups in total. The lowest BCUT2D eigenvalue weighted by Crippen LogP contribution is -2.23. The first-order valence-electron chi connectivity index (χ1n) is 7.90. The Morgan fingerprint density at radius 3 is 2.76 bits per heavy atom. The number of carboxylic acids is 1. The molecule has 0 saturated carbocycles. The Bertz CT molecular complexity index is 985. The van der Waals surface area contributed by atoms with Crippen LogP contribution in [-0.2, 0) is 0 Å². The van der Waals surface area contributed by atoms with Crippen LogP contribution in [0.3, 0.4) is 0 Å². The molecule has 2 aromatic carbocycles. The summed E-state index contributed by atoms with van der Waals surface area (Å²) < 4.78 is 11.1. The Balaban J connectivity index is 1.84. The highest BCUT2D eigenvalue weighted by atomic mass is 16.6. The number of pyridine rings is 1. The number of nitrogens with zero attached hydrogens (tertiary/aromatic N) is 1. The number of hydrogen-bond acceptors (Lipinski definition) is 6. The average Bonchev–Trinajstić information content (AvgIpc) is 2.62. The number of nitrogens with one attached hydrogen (secondary N) is 1. The van der Waals surface area contributed by atoms with Crippen LogP contribution in [0, 0.1) is 6.92 Å². The van der Waals surface area contributed by atoms with Gasteiger partial charge in [-0.25, -0.2) is 0 Å². The van der Waals surface area contributed by atoms with Crippen LogP contribution in [0.1, 0.15) is 15.9 Å². The van der Waals surface area contributed by atoms with Crippen molar-refractivity contribution < 1.29 is 19.4 Å². The normalized spacial score (nSPS) is 12.8. The Morgan fingerprint density at radius 1 is 1.16 bits per heavy atom. The number of ether oxygens (including phenoxy) is 2. The highest BCUT2D eigenvalue weighted by Gasteiger charge is 2.15. The summed E-state index contributed by atoms with van der Waals surface area (Å²) in [7, 11) is 0. The lowest BCUT2D eigenvalue weighted by Gasteiger charge is -2.20. The molecule has 0 spiro atoms. The molecule has 1 aromatic heterocycles. The maximum Gasteiger partial charge on any atom is 0.163 e.